The van der Waals surface area contributed by atoms with Crippen molar-refractivity contribution in [2.45, 2.75) is 20.0 Å². The van der Waals surface area contributed by atoms with Crippen molar-refractivity contribution in [2.24, 2.45) is 0 Å². The number of benzene rings is 2. The zero-order valence-electron chi connectivity index (χ0n) is 14.8. The molecule has 144 valence electrons. The smallest absolute Gasteiger partial charge is 0.311 e. The first-order valence-electron chi connectivity index (χ1n) is 8.15. The van der Waals surface area contributed by atoms with Crippen molar-refractivity contribution < 1.29 is 22.8 Å². The lowest BCUT2D eigenvalue weighted by Gasteiger charge is -2.27. The maximum Gasteiger partial charge on any atom is 0.416 e. The van der Waals surface area contributed by atoms with Crippen molar-refractivity contribution in [3.05, 3.63) is 59.1 Å². The van der Waals surface area contributed by atoms with Crippen LogP contribution in [0.25, 0.3) is 0 Å². The number of likely N-dealkylation sites (N-methyl/N-ethyl adjacent to an activating group) is 1. The van der Waals surface area contributed by atoms with Crippen molar-refractivity contribution in [1.29, 1.82) is 0 Å². The molecule has 0 saturated heterocycles. The molecule has 0 saturated carbocycles. The van der Waals surface area contributed by atoms with Gasteiger partial charge in [0, 0.05) is 19.2 Å². The Morgan fingerprint density at radius 2 is 1.67 bits per heavy atom. The maximum atomic E-state index is 13.0. The standard InChI is InChI=1S/C19H18ClF3N2O2/c1-3-24(15-7-5-4-6-8-15)18(27)12-25(13(2)26)17-11-14(19(21,22)23)9-10-16(17)20/h4-11H,3,12H2,1-2H3. The van der Waals surface area contributed by atoms with Crippen molar-refractivity contribution >= 4 is 34.8 Å². The number of anilines is 2. The molecule has 0 N–H and O–H groups in total. The molecule has 2 aromatic carbocycles. The highest BCUT2D eigenvalue weighted by atomic mass is 35.5. The van der Waals surface area contributed by atoms with Gasteiger partial charge in [-0.15, -0.1) is 0 Å². The molecular weight excluding hydrogens is 381 g/mol. The van der Waals surface area contributed by atoms with E-state index >= 15 is 0 Å². The number of hydrogen-bond acceptors (Lipinski definition) is 2. The molecule has 2 amide bonds. The van der Waals surface area contributed by atoms with Crippen LogP contribution in [0.2, 0.25) is 5.02 Å². The van der Waals surface area contributed by atoms with Gasteiger partial charge in [-0.25, -0.2) is 0 Å². The third kappa shape index (κ3) is 5.01. The van der Waals surface area contributed by atoms with Gasteiger partial charge in [0.1, 0.15) is 6.54 Å². The van der Waals surface area contributed by atoms with Gasteiger partial charge in [-0.2, -0.15) is 13.2 Å². The van der Waals surface area contributed by atoms with Crippen LogP contribution in [0.5, 0.6) is 0 Å². The Bertz CT molecular complexity index is 825. The first kappa shape index (κ1) is 20.8. The number of carbonyl (C=O) groups is 2. The van der Waals surface area contributed by atoms with Gasteiger partial charge >= 0.3 is 6.18 Å². The Kier molecular flexibility index (Phi) is 6.49. The van der Waals surface area contributed by atoms with Crippen LogP contribution in [-0.2, 0) is 15.8 Å². The monoisotopic (exact) mass is 398 g/mol. The minimum atomic E-state index is -4.59. The molecular formula is C19H18ClF3N2O2. The lowest BCUT2D eigenvalue weighted by atomic mass is 10.1. The Morgan fingerprint density at radius 1 is 1.04 bits per heavy atom. The first-order valence-corrected chi connectivity index (χ1v) is 8.53. The van der Waals surface area contributed by atoms with Gasteiger partial charge in [0.25, 0.3) is 0 Å². The van der Waals surface area contributed by atoms with E-state index in [4.69, 9.17) is 11.6 Å². The Labute approximate surface area is 160 Å². The summed E-state index contributed by atoms with van der Waals surface area (Å²) in [7, 11) is 0. The van der Waals surface area contributed by atoms with Crippen LogP contribution in [0.15, 0.2) is 48.5 Å². The molecule has 27 heavy (non-hydrogen) atoms. The minimum absolute atomic E-state index is 0.0474. The Balaban J connectivity index is 2.36. The van der Waals surface area contributed by atoms with Gasteiger partial charge < -0.3 is 9.80 Å². The molecule has 2 aromatic rings. The molecule has 0 unspecified atom stereocenters. The third-order valence-electron chi connectivity index (χ3n) is 3.92. The zero-order chi connectivity index (χ0) is 20.2. The van der Waals surface area contributed by atoms with E-state index in [0.717, 1.165) is 23.1 Å². The predicted molar refractivity (Wildman–Crippen MR) is 99.0 cm³/mol. The topological polar surface area (TPSA) is 40.6 Å². The number of halogens is 4. The quantitative estimate of drug-likeness (QED) is 0.728. The molecule has 0 aromatic heterocycles. The number of rotatable bonds is 5. The highest BCUT2D eigenvalue weighted by molar-refractivity contribution is 6.34. The molecule has 4 nitrogen and oxygen atoms in total. The summed E-state index contributed by atoms with van der Waals surface area (Å²) in [5, 5.41) is -0.0474. The summed E-state index contributed by atoms with van der Waals surface area (Å²) in [6, 6.07) is 11.5. The van der Waals surface area contributed by atoms with Crippen LogP contribution in [-0.4, -0.2) is 24.9 Å². The van der Waals surface area contributed by atoms with E-state index in [1.54, 1.807) is 37.3 Å². The average Bonchev–Trinajstić information content (AvgIpc) is 2.60. The summed E-state index contributed by atoms with van der Waals surface area (Å²) in [6.07, 6.45) is -4.59. The molecule has 0 aliphatic carbocycles. The minimum Gasteiger partial charge on any atom is -0.311 e. The van der Waals surface area contributed by atoms with Gasteiger partial charge in [0.05, 0.1) is 16.3 Å². The second-order valence-corrected chi connectivity index (χ2v) is 6.15. The molecule has 0 radical (unpaired) electrons. The fourth-order valence-electron chi connectivity index (χ4n) is 2.59. The lowest BCUT2D eigenvalue weighted by molar-refractivity contribution is -0.137. The predicted octanol–water partition coefficient (Wildman–Crippen LogP) is 4.76. The third-order valence-corrected chi connectivity index (χ3v) is 4.24. The van der Waals surface area contributed by atoms with E-state index in [0.29, 0.717) is 12.2 Å². The van der Waals surface area contributed by atoms with Crippen LogP contribution < -0.4 is 9.80 Å². The highest BCUT2D eigenvalue weighted by Gasteiger charge is 2.32. The van der Waals surface area contributed by atoms with Gasteiger partial charge in [-0.1, -0.05) is 29.8 Å². The maximum absolute atomic E-state index is 13.0. The summed E-state index contributed by atoms with van der Waals surface area (Å²) >= 11 is 6.01. The van der Waals surface area contributed by atoms with Crippen molar-refractivity contribution in [1.82, 2.24) is 0 Å². The number of nitrogens with zero attached hydrogens (tertiary/aromatic N) is 2. The van der Waals surface area contributed by atoms with Crippen LogP contribution in [0.4, 0.5) is 24.5 Å². The lowest BCUT2D eigenvalue weighted by Crippen LogP contribution is -2.42. The number of amides is 2. The second kappa shape index (κ2) is 8.43. The summed E-state index contributed by atoms with van der Waals surface area (Å²) in [6.45, 7) is 2.84. The van der Waals surface area contributed by atoms with Gasteiger partial charge in [-0.3, -0.25) is 9.59 Å². The largest absolute Gasteiger partial charge is 0.416 e. The molecule has 0 heterocycles. The molecule has 0 atom stereocenters. The molecule has 0 aliphatic heterocycles. The fourth-order valence-corrected chi connectivity index (χ4v) is 2.81. The molecule has 0 aliphatic rings. The average molecular weight is 399 g/mol. The SMILES string of the molecule is CCN(C(=O)CN(C(C)=O)c1cc(C(F)(F)F)ccc1Cl)c1ccccc1. The number of para-hydroxylation sites is 1. The number of hydrogen-bond donors (Lipinski definition) is 0. The number of alkyl halides is 3. The van der Waals surface area contributed by atoms with Crippen molar-refractivity contribution in [3.8, 4) is 0 Å². The normalized spacial score (nSPS) is 11.2. The molecule has 0 fully saturated rings. The Morgan fingerprint density at radius 3 is 2.19 bits per heavy atom. The van der Waals surface area contributed by atoms with E-state index in [-0.39, 0.29) is 10.7 Å². The van der Waals surface area contributed by atoms with Crippen LogP contribution >= 0.6 is 11.6 Å². The van der Waals surface area contributed by atoms with E-state index in [1.165, 1.54) is 11.8 Å². The van der Waals surface area contributed by atoms with Gasteiger partial charge in [-0.05, 0) is 37.3 Å². The first-order chi connectivity index (χ1) is 12.6. The summed E-state index contributed by atoms with van der Waals surface area (Å²) < 4.78 is 39.0. The van der Waals surface area contributed by atoms with Crippen molar-refractivity contribution in [3.63, 3.8) is 0 Å². The Hall–Kier alpha value is -2.54. The van der Waals surface area contributed by atoms with Gasteiger partial charge in [0.2, 0.25) is 11.8 Å². The van der Waals surface area contributed by atoms with Crippen molar-refractivity contribution in [2.75, 3.05) is 22.9 Å². The molecule has 0 spiro atoms. The molecule has 8 heteroatoms. The van der Waals surface area contributed by atoms with E-state index in [1.807, 2.05) is 0 Å². The van der Waals surface area contributed by atoms with Crippen LogP contribution in [0.3, 0.4) is 0 Å². The summed E-state index contributed by atoms with van der Waals surface area (Å²) in [5.74, 6) is -1.03. The molecule has 0 bridgehead atoms. The molecule has 2 rings (SSSR count). The summed E-state index contributed by atoms with van der Waals surface area (Å²) in [4.78, 5) is 27.2. The fraction of sp³-hybridized carbons (Fsp3) is 0.263. The second-order valence-electron chi connectivity index (χ2n) is 5.74. The number of carbonyl (C=O) groups excluding carboxylic acids is 2. The highest BCUT2D eigenvalue weighted by Crippen LogP contribution is 2.35. The zero-order valence-corrected chi connectivity index (χ0v) is 15.5. The summed E-state index contributed by atoms with van der Waals surface area (Å²) in [5.41, 5.74) is -0.476. The van der Waals surface area contributed by atoms with E-state index < -0.39 is 30.1 Å². The van der Waals surface area contributed by atoms with Crippen LogP contribution in [0, 0.1) is 0 Å². The van der Waals surface area contributed by atoms with E-state index in [9.17, 15) is 22.8 Å². The van der Waals surface area contributed by atoms with E-state index in [2.05, 4.69) is 0 Å². The van der Waals surface area contributed by atoms with Crippen LogP contribution in [0.1, 0.15) is 19.4 Å². The van der Waals surface area contributed by atoms with Gasteiger partial charge in [0.15, 0.2) is 0 Å².